The molecule has 74 valence electrons. The average molecular weight is 255 g/mol. The number of carbonyl (C=O) groups is 1. The molecule has 2 rings (SSSR count). The zero-order valence-corrected chi connectivity index (χ0v) is 9.41. The Hall–Kier alpha value is -0.870. The fraction of sp³-hybridized carbons (Fsp3) is 0.300. The minimum atomic E-state index is 0.126. The number of hydrogen-bond donors (Lipinski definition) is 1. The first-order valence-electron chi connectivity index (χ1n) is 4.45. The van der Waals surface area contributed by atoms with Gasteiger partial charge < -0.3 is 0 Å². The highest BCUT2D eigenvalue weighted by molar-refractivity contribution is 9.10. The van der Waals surface area contributed by atoms with E-state index in [-0.39, 0.29) is 11.9 Å². The molecule has 0 aromatic heterocycles. The van der Waals surface area contributed by atoms with Crippen LogP contribution in [0.15, 0.2) is 28.7 Å². The molecule has 0 saturated carbocycles. The van der Waals surface area contributed by atoms with Gasteiger partial charge in [0, 0.05) is 17.9 Å². The van der Waals surface area contributed by atoms with E-state index in [0.717, 1.165) is 10.0 Å². The van der Waals surface area contributed by atoms with E-state index in [2.05, 4.69) is 21.4 Å². The van der Waals surface area contributed by atoms with Crippen LogP contribution in [-0.2, 0) is 4.79 Å². The van der Waals surface area contributed by atoms with Gasteiger partial charge in [0.05, 0.1) is 6.04 Å². The van der Waals surface area contributed by atoms with Crippen molar-refractivity contribution in [2.45, 2.75) is 12.5 Å². The fourth-order valence-electron chi connectivity index (χ4n) is 1.55. The Bertz CT molecular complexity index is 350. The number of hydrogen-bond acceptors (Lipinski definition) is 2. The summed E-state index contributed by atoms with van der Waals surface area (Å²) in [6.07, 6.45) is 0.540. The zero-order valence-electron chi connectivity index (χ0n) is 7.83. The first-order valence-corrected chi connectivity index (χ1v) is 5.24. The molecule has 14 heavy (non-hydrogen) atoms. The maximum Gasteiger partial charge on any atom is 0.238 e. The van der Waals surface area contributed by atoms with Gasteiger partial charge >= 0.3 is 0 Å². The van der Waals surface area contributed by atoms with Crippen LogP contribution in [0.4, 0.5) is 0 Å². The molecular formula is C10H11BrN2O. The van der Waals surface area contributed by atoms with Gasteiger partial charge in [0.25, 0.3) is 0 Å². The normalized spacial score (nSPS) is 21.7. The number of benzene rings is 1. The Balaban J connectivity index is 2.17. The SMILES string of the molecule is CN1NC(c2ccc(Br)cc2)CC1=O. The van der Waals surface area contributed by atoms with Crippen LogP contribution >= 0.6 is 15.9 Å². The molecule has 1 N–H and O–H groups in total. The lowest BCUT2D eigenvalue weighted by atomic mass is 10.1. The molecule has 1 heterocycles. The highest BCUT2D eigenvalue weighted by Crippen LogP contribution is 2.23. The highest BCUT2D eigenvalue weighted by Gasteiger charge is 2.26. The van der Waals surface area contributed by atoms with Crippen molar-refractivity contribution in [3.63, 3.8) is 0 Å². The second-order valence-electron chi connectivity index (χ2n) is 3.39. The summed E-state index contributed by atoms with van der Waals surface area (Å²) in [6.45, 7) is 0. The van der Waals surface area contributed by atoms with Crippen LogP contribution in [0.3, 0.4) is 0 Å². The van der Waals surface area contributed by atoms with Gasteiger partial charge in [-0.2, -0.15) is 0 Å². The van der Waals surface area contributed by atoms with Crippen LogP contribution in [0.2, 0.25) is 0 Å². The van der Waals surface area contributed by atoms with Crippen molar-refractivity contribution in [3.8, 4) is 0 Å². The number of amides is 1. The molecule has 1 aliphatic heterocycles. The van der Waals surface area contributed by atoms with E-state index in [9.17, 15) is 4.79 Å². The number of nitrogens with one attached hydrogen (secondary N) is 1. The van der Waals surface area contributed by atoms with Crippen LogP contribution < -0.4 is 5.43 Å². The van der Waals surface area contributed by atoms with Gasteiger partial charge in [0.15, 0.2) is 0 Å². The third kappa shape index (κ3) is 1.81. The first-order chi connectivity index (χ1) is 6.66. The molecule has 1 fully saturated rings. The second-order valence-corrected chi connectivity index (χ2v) is 4.31. The summed E-state index contributed by atoms with van der Waals surface area (Å²) in [7, 11) is 1.75. The quantitative estimate of drug-likeness (QED) is 0.830. The largest absolute Gasteiger partial charge is 0.281 e. The van der Waals surface area contributed by atoms with Crippen LogP contribution in [0.1, 0.15) is 18.0 Å². The van der Waals surface area contributed by atoms with Crippen molar-refractivity contribution in [3.05, 3.63) is 34.3 Å². The van der Waals surface area contributed by atoms with Gasteiger partial charge in [-0.15, -0.1) is 0 Å². The molecule has 1 amide bonds. The summed E-state index contributed by atoms with van der Waals surface area (Å²) in [5.74, 6) is 0.137. The summed E-state index contributed by atoms with van der Waals surface area (Å²) in [5, 5.41) is 1.55. The van der Waals surface area contributed by atoms with Gasteiger partial charge in [-0.05, 0) is 17.7 Å². The van der Waals surface area contributed by atoms with E-state index in [1.54, 1.807) is 12.1 Å². The minimum absolute atomic E-state index is 0.126. The van der Waals surface area contributed by atoms with Gasteiger partial charge in [-0.1, -0.05) is 28.1 Å². The predicted octanol–water partition coefficient (Wildman–Crippen LogP) is 1.86. The van der Waals surface area contributed by atoms with Gasteiger partial charge in [0.1, 0.15) is 0 Å². The van der Waals surface area contributed by atoms with E-state index in [0.29, 0.717) is 6.42 Å². The van der Waals surface area contributed by atoms with E-state index in [1.807, 2.05) is 24.3 Å². The van der Waals surface area contributed by atoms with E-state index in [1.165, 1.54) is 0 Å². The molecule has 1 unspecified atom stereocenters. The second kappa shape index (κ2) is 3.71. The average Bonchev–Trinajstić information content (AvgIpc) is 2.48. The Morgan fingerprint density at radius 1 is 1.43 bits per heavy atom. The van der Waals surface area contributed by atoms with Crippen molar-refractivity contribution in [1.82, 2.24) is 10.4 Å². The van der Waals surface area contributed by atoms with Crippen molar-refractivity contribution >= 4 is 21.8 Å². The lowest BCUT2D eigenvalue weighted by Gasteiger charge is -2.12. The molecule has 0 radical (unpaired) electrons. The summed E-state index contributed by atoms with van der Waals surface area (Å²) in [5.41, 5.74) is 4.25. The van der Waals surface area contributed by atoms with Crippen LogP contribution in [0, 0.1) is 0 Å². The summed E-state index contributed by atoms with van der Waals surface area (Å²) in [6, 6.07) is 8.14. The molecular weight excluding hydrogens is 244 g/mol. The topological polar surface area (TPSA) is 32.3 Å². The summed E-state index contributed by atoms with van der Waals surface area (Å²) >= 11 is 3.38. The lowest BCUT2D eigenvalue weighted by Crippen LogP contribution is -2.30. The zero-order chi connectivity index (χ0) is 10.1. The fourth-order valence-corrected chi connectivity index (χ4v) is 1.81. The number of carbonyl (C=O) groups excluding carboxylic acids is 1. The van der Waals surface area contributed by atoms with E-state index < -0.39 is 0 Å². The van der Waals surface area contributed by atoms with Crippen LogP contribution in [0.25, 0.3) is 0 Å². The van der Waals surface area contributed by atoms with Crippen molar-refractivity contribution in [2.75, 3.05) is 7.05 Å². The summed E-state index contributed by atoms with van der Waals surface area (Å²) < 4.78 is 1.05. The van der Waals surface area contributed by atoms with Crippen molar-refractivity contribution in [1.29, 1.82) is 0 Å². The Labute approximate surface area is 91.2 Å². The molecule has 1 aromatic carbocycles. The third-order valence-electron chi connectivity index (χ3n) is 2.37. The van der Waals surface area contributed by atoms with Crippen LogP contribution in [-0.4, -0.2) is 18.0 Å². The van der Waals surface area contributed by atoms with Crippen molar-refractivity contribution in [2.24, 2.45) is 0 Å². The standard InChI is InChI=1S/C10H11BrN2O/c1-13-10(14)6-9(12-13)7-2-4-8(11)5-3-7/h2-5,9,12H,6H2,1H3. The third-order valence-corrected chi connectivity index (χ3v) is 2.90. The maximum atomic E-state index is 11.3. The van der Waals surface area contributed by atoms with Gasteiger partial charge in [-0.25, -0.2) is 5.43 Å². The molecule has 4 heteroatoms. The van der Waals surface area contributed by atoms with Gasteiger partial charge in [-0.3, -0.25) is 9.80 Å². The molecule has 1 saturated heterocycles. The maximum absolute atomic E-state index is 11.3. The summed E-state index contributed by atoms with van der Waals surface area (Å²) in [4.78, 5) is 11.3. The monoisotopic (exact) mass is 254 g/mol. The molecule has 1 aliphatic rings. The number of nitrogens with zero attached hydrogens (tertiary/aromatic N) is 1. The highest BCUT2D eigenvalue weighted by atomic mass is 79.9. The number of halogens is 1. The predicted molar refractivity (Wildman–Crippen MR) is 57.4 cm³/mol. The minimum Gasteiger partial charge on any atom is -0.281 e. The van der Waals surface area contributed by atoms with E-state index in [4.69, 9.17) is 0 Å². The molecule has 0 spiro atoms. The van der Waals surface area contributed by atoms with Gasteiger partial charge in [0.2, 0.25) is 5.91 Å². The lowest BCUT2D eigenvalue weighted by molar-refractivity contribution is -0.128. The van der Waals surface area contributed by atoms with Crippen LogP contribution in [0.5, 0.6) is 0 Å². The molecule has 0 aliphatic carbocycles. The molecule has 3 nitrogen and oxygen atoms in total. The Kier molecular flexibility index (Phi) is 2.56. The van der Waals surface area contributed by atoms with Crippen molar-refractivity contribution < 1.29 is 4.79 Å². The first kappa shape index (κ1) is 9.68. The molecule has 0 bridgehead atoms. The number of rotatable bonds is 1. The smallest absolute Gasteiger partial charge is 0.238 e. The molecule has 1 atom stereocenters. The van der Waals surface area contributed by atoms with E-state index >= 15 is 0 Å². The number of hydrazine groups is 1. The Morgan fingerprint density at radius 3 is 2.57 bits per heavy atom. The Morgan fingerprint density at radius 2 is 2.07 bits per heavy atom. The molecule has 1 aromatic rings.